The second-order valence-electron chi connectivity index (χ2n) is 7.87. The Morgan fingerprint density at radius 1 is 0.875 bits per heavy atom. The Balaban J connectivity index is 1.55. The number of carbonyl (C=O) groups excluding carboxylic acids is 2. The number of amides is 1. The summed E-state index contributed by atoms with van der Waals surface area (Å²) in [5.41, 5.74) is 4.72. The smallest absolute Gasteiger partial charge is 0.242 e. The molecule has 4 rings (SSSR count). The summed E-state index contributed by atoms with van der Waals surface area (Å²) in [5, 5.41) is 0.870. The fourth-order valence-electron chi connectivity index (χ4n) is 3.86. The maximum atomic E-state index is 12.9. The molecular formula is C28H26N2O2. The number of hydrogen-bond donors (Lipinski definition) is 0. The summed E-state index contributed by atoms with van der Waals surface area (Å²) in [5.74, 6) is 0.0144. The van der Waals surface area contributed by atoms with E-state index in [9.17, 15) is 9.59 Å². The van der Waals surface area contributed by atoms with Crippen molar-refractivity contribution in [2.75, 3.05) is 13.6 Å². The van der Waals surface area contributed by atoms with Gasteiger partial charge in [0.2, 0.25) is 5.91 Å². The van der Waals surface area contributed by atoms with E-state index >= 15 is 0 Å². The summed E-state index contributed by atoms with van der Waals surface area (Å²) >= 11 is 0. The monoisotopic (exact) mass is 422 g/mol. The van der Waals surface area contributed by atoms with Crippen LogP contribution < -0.4 is 0 Å². The van der Waals surface area contributed by atoms with Gasteiger partial charge in [-0.25, -0.2) is 0 Å². The molecule has 0 unspecified atom stereocenters. The van der Waals surface area contributed by atoms with Crippen molar-refractivity contribution >= 4 is 35.2 Å². The lowest BCUT2D eigenvalue weighted by atomic mass is 10.1. The lowest BCUT2D eigenvalue weighted by Gasteiger charge is -2.18. The predicted octanol–water partition coefficient (Wildman–Crippen LogP) is 5.33. The number of likely N-dealkylation sites (N-methyl/N-ethyl adjacent to an activating group) is 1. The number of aromatic nitrogens is 1. The first-order chi connectivity index (χ1) is 15.7. The Bertz CT molecular complexity index is 1240. The van der Waals surface area contributed by atoms with E-state index in [1.54, 1.807) is 11.1 Å². The molecule has 4 aromatic rings. The van der Waals surface area contributed by atoms with Crippen molar-refractivity contribution < 1.29 is 9.59 Å². The van der Waals surface area contributed by atoms with Gasteiger partial charge in [-0.2, -0.15) is 0 Å². The zero-order valence-electron chi connectivity index (χ0n) is 18.1. The van der Waals surface area contributed by atoms with E-state index in [2.05, 4.69) is 12.1 Å². The second-order valence-corrected chi connectivity index (χ2v) is 7.87. The van der Waals surface area contributed by atoms with E-state index in [-0.39, 0.29) is 12.5 Å². The maximum absolute atomic E-state index is 12.9. The van der Waals surface area contributed by atoms with Crippen LogP contribution in [0.4, 0.5) is 0 Å². The third kappa shape index (κ3) is 4.86. The Kier molecular flexibility index (Phi) is 6.61. The Labute approximate surface area is 188 Å². The minimum Gasteiger partial charge on any atom is -0.344 e. The number of aldehydes is 1. The lowest BCUT2D eigenvalue weighted by molar-refractivity contribution is -0.130. The van der Waals surface area contributed by atoms with E-state index in [1.807, 2.05) is 90.5 Å². The van der Waals surface area contributed by atoms with Crippen LogP contribution >= 0.6 is 0 Å². The van der Waals surface area contributed by atoms with Crippen LogP contribution in [0.15, 0.2) is 85.1 Å². The van der Waals surface area contributed by atoms with Crippen LogP contribution in [-0.4, -0.2) is 35.3 Å². The molecule has 4 nitrogen and oxygen atoms in total. The molecule has 0 fully saturated rings. The maximum Gasteiger partial charge on any atom is 0.242 e. The molecule has 0 radical (unpaired) electrons. The second kappa shape index (κ2) is 9.92. The van der Waals surface area contributed by atoms with Crippen LogP contribution in [-0.2, 0) is 17.8 Å². The third-order valence-corrected chi connectivity index (χ3v) is 5.66. The van der Waals surface area contributed by atoms with Gasteiger partial charge in [0.25, 0.3) is 0 Å². The number of carbonyl (C=O) groups is 2. The zero-order valence-corrected chi connectivity index (χ0v) is 18.1. The van der Waals surface area contributed by atoms with Gasteiger partial charge in [0.15, 0.2) is 6.29 Å². The molecule has 1 aromatic heterocycles. The summed E-state index contributed by atoms with van der Waals surface area (Å²) in [6.45, 7) is 0.842. The molecule has 0 N–H and O–H groups in total. The molecule has 0 aliphatic heterocycles. The molecule has 4 heteroatoms. The highest BCUT2D eigenvalue weighted by Gasteiger charge is 2.15. The lowest BCUT2D eigenvalue weighted by Crippen LogP contribution is -2.31. The Hall–Kier alpha value is -3.92. The Morgan fingerprint density at radius 2 is 1.59 bits per heavy atom. The fourth-order valence-corrected chi connectivity index (χ4v) is 3.86. The number of benzene rings is 3. The molecule has 0 aliphatic carbocycles. The van der Waals surface area contributed by atoms with E-state index < -0.39 is 0 Å². The summed E-state index contributed by atoms with van der Waals surface area (Å²) in [6.07, 6.45) is 7.50. The van der Waals surface area contributed by atoms with E-state index in [0.717, 1.165) is 34.7 Å². The molecule has 0 bridgehead atoms. The number of fused-ring (bicyclic) bond motifs is 1. The minimum atomic E-state index is 0.0144. The van der Waals surface area contributed by atoms with Crippen molar-refractivity contribution in [3.05, 3.63) is 107 Å². The summed E-state index contributed by atoms with van der Waals surface area (Å²) in [7, 11) is 1.83. The fraction of sp³-hybridized carbons (Fsp3) is 0.143. The first-order valence-electron chi connectivity index (χ1n) is 10.7. The SMILES string of the molecule is CN(CCc1ccccc1)C(=O)Cn1cc(C=O)c2c(/C=C/c3ccccc3)cccc21. The van der Waals surface area contributed by atoms with Crippen molar-refractivity contribution in [2.24, 2.45) is 0 Å². The van der Waals surface area contributed by atoms with E-state index in [0.29, 0.717) is 12.1 Å². The number of rotatable bonds is 8. The van der Waals surface area contributed by atoms with Crippen molar-refractivity contribution in [2.45, 2.75) is 13.0 Å². The van der Waals surface area contributed by atoms with Crippen molar-refractivity contribution in [1.82, 2.24) is 9.47 Å². The molecule has 160 valence electrons. The summed E-state index contributed by atoms with van der Waals surface area (Å²) < 4.78 is 1.88. The topological polar surface area (TPSA) is 42.3 Å². The quantitative estimate of drug-likeness (QED) is 0.285. The molecule has 32 heavy (non-hydrogen) atoms. The highest BCUT2D eigenvalue weighted by atomic mass is 16.2. The third-order valence-electron chi connectivity index (χ3n) is 5.66. The van der Waals surface area contributed by atoms with Crippen LogP contribution in [0.5, 0.6) is 0 Å². The minimum absolute atomic E-state index is 0.0144. The molecule has 1 amide bonds. The van der Waals surface area contributed by atoms with E-state index in [4.69, 9.17) is 0 Å². The van der Waals surface area contributed by atoms with Gasteiger partial charge in [-0.15, -0.1) is 0 Å². The Morgan fingerprint density at radius 3 is 2.31 bits per heavy atom. The number of nitrogens with zero attached hydrogens (tertiary/aromatic N) is 2. The van der Waals surface area contributed by atoms with Gasteiger partial charge >= 0.3 is 0 Å². The van der Waals surface area contributed by atoms with Crippen molar-refractivity contribution in [3.63, 3.8) is 0 Å². The number of hydrogen-bond acceptors (Lipinski definition) is 2. The summed E-state index contributed by atoms with van der Waals surface area (Å²) in [4.78, 5) is 26.4. The highest BCUT2D eigenvalue weighted by molar-refractivity contribution is 6.03. The molecular weight excluding hydrogens is 396 g/mol. The van der Waals surface area contributed by atoms with Gasteiger partial charge in [-0.1, -0.05) is 84.9 Å². The van der Waals surface area contributed by atoms with Crippen LogP contribution in [0.2, 0.25) is 0 Å². The van der Waals surface area contributed by atoms with Gasteiger partial charge in [-0.05, 0) is 29.2 Å². The normalized spacial score (nSPS) is 11.2. The van der Waals surface area contributed by atoms with Gasteiger partial charge in [0.1, 0.15) is 6.54 Å². The van der Waals surface area contributed by atoms with Crippen molar-refractivity contribution in [1.29, 1.82) is 0 Å². The van der Waals surface area contributed by atoms with Gasteiger partial charge in [-0.3, -0.25) is 9.59 Å². The van der Waals surface area contributed by atoms with Gasteiger partial charge in [0.05, 0.1) is 0 Å². The van der Waals surface area contributed by atoms with Crippen LogP contribution in [0.3, 0.4) is 0 Å². The molecule has 1 heterocycles. The zero-order chi connectivity index (χ0) is 22.3. The van der Waals surface area contributed by atoms with Crippen molar-refractivity contribution in [3.8, 4) is 0 Å². The van der Waals surface area contributed by atoms with Crippen LogP contribution in [0, 0.1) is 0 Å². The largest absolute Gasteiger partial charge is 0.344 e. The molecule has 0 saturated carbocycles. The first kappa shape index (κ1) is 21.3. The summed E-state index contributed by atoms with van der Waals surface area (Å²) in [6, 6.07) is 26.1. The standard InChI is InChI=1S/C28H26N2O2/c1-29(18-17-23-11-6-3-7-12-23)27(32)20-30-19-25(21-31)28-24(13-8-14-26(28)30)16-15-22-9-4-2-5-10-22/h2-16,19,21H,17-18,20H2,1H3/b16-15+. The molecule has 0 aliphatic rings. The van der Waals surface area contributed by atoms with Gasteiger partial charge in [0, 0.05) is 36.3 Å². The predicted molar refractivity (Wildman–Crippen MR) is 130 cm³/mol. The molecule has 0 saturated heterocycles. The first-order valence-corrected chi connectivity index (χ1v) is 10.7. The van der Waals surface area contributed by atoms with E-state index in [1.165, 1.54) is 5.56 Å². The molecule has 0 spiro atoms. The van der Waals surface area contributed by atoms with Crippen LogP contribution in [0.25, 0.3) is 23.1 Å². The van der Waals surface area contributed by atoms with Crippen LogP contribution in [0.1, 0.15) is 27.0 Å². The average molecular weight is 423 g/mol. The molecule has 3 aromatic carbocycles. The molecule has 0 atom stereocenters. The highest BCUT2D eigenvalue weighted by Crippen LogP contribution is 2.26. The average Bonchev–Trinajstić information content (AvgIpc) is 3.20. The van der Waals surface area contributed by atoms with Gasteiger partial charge < -0.3 is 9.47 Å².